The van der Waals surface area contributed by atoms with Crippen LogP contribution in [0.3, 0.4) is 0 Å². The van der Waals surface area contributed by atoms with Gasteiger partial charge in [0.1, 0.15) is 4.83 Å². The molecule has 0 aliphatic rings. The summed E-state index contributed by atoms with van der Waals surface area (Å²) in [5.74, 6) is -0.312. The summed E-state index contributed by atoms with van der Waals surface area (Å²) in [6.45, 7) is 4.31. The molecule has 0 saturated carbocycles. The summed E-state index contributed by atoms with van der Waals surface area (Å²) < 4.78 is 24.0. The highest BCUT2D eigenvalue weighted by atomic mass is 32.2. The maximum atomic E-state index is 12.5. The van der Waals surface area contributed by atoms with E-state index in [-0.39, 0.29) is 22.9 Å². The summed E-state index contributed by atoms with van der Waals surface area (Å²) >= 11 is 1.17. The molecule has 0 atom stereocenters. The Labute approximate surface area is 159 Å². The second-order valence-electron chi connectivity index (χ2n) is 5.94. The Kier molecular flexibility index (Phi) is 5.13. The molecule has 2 heterocycles. The third-order valence-electron chi connectivity index (χ3n) is 4.17. The number of rotatable bonds is 5. The molecular formula is C17H18N4O4S2. The van der Waals surface area contributed by atoms with E-state index in [0.29, 0.717) is 27.2 Å². The predicted molar refractivity (Wildman–Crippen MR) is 103 cm³/mol. The second-order valence-corrected chi connectivity index (χ2v) is 8.50. The van der Waals surface area contributed by atoms with Crippen molar-refractivity contribution in [1.29, 1.82) is 0 Å². The average Bonchev–Trinajstić information content (AvgIpc) is 2.97. The summed E-state index contributed by atoms with van der Waals surface area (Å²) in [6.07, 6.45) is 1.48. The molecule has 8 nitrogen and oxygen atoms in total. The molecule has 10 heteroatoms. The molecule has 27 heavy (non-hydrogen) atoms. The first-order valence-corrected chi connectivity index (χ1v) is 10.5. The van der Waals surface area contributed by atoms with Gasteiger partial charge in [0.25, 0.3) is 11.5 Å². The van der Waals surface area contributed by atoms with Gasteiger partial charge < -0.3 is 5.32 Å². The Bertz CT molecular complexity index is 1180. The van der Waals surface area contributed by atoms with Crippen molar-refractivity contribution >= 4 is 37.5 Å². The molecular weight excluding hydrogens is 388 g/mol. The quantitative estimate of drug-likeness (QED) is 0.662. The van der Waals surface area contributed by atoms with Gasteiger partial charge in [-0.05, 0) is 37.1 Å². The molecule has 3 N–H and O–H groups in total. The van der Waals surface area contributed by atoms with Gasteiger partial charge in [-0.15, -0.1) is 11.3 Å². The number of nitrogens with one attached hydrogen (secondary N) is 1. The number of thiophene rings is 1. The lowest BCUT2D eigenvalue weighted by molar-refractivity contribution is 0.0954. The van der Waals surface area contributed by atoms with Crippen LogP contribution in [0.5, 0.6) is 0 Å². The fraction of sp³-hybridized carbons (Fsp3) is 0.235. The van der Waals surface area contributed by atoms with Gasteiger partial charge in [-0.3, -0.25) is 14.2 Å². The van der Waals surface area contributed by atoms with Crippen molar-refractivity contribution in [3.63, 3.8) is 0 Å². The summed E-state index contributed by atoms with van der Waals surface area (Å²) in [5.41, 5.74) is 1.17. The van der Waals surface area contributed by atoms with Crippen molar-refractivity contribution in [2.45, 2.75) is 31.8 Å². The number of amides is 1. The van der Waals surface area contributed by atoms with Crippen LogP contribution < -0.4 is 16.0 Å². The van der Waals surface area contributed by atoms with Crippen molar-refractivity contribution in [3.05, 3.63) is 57.0 Å². The number of primary sulfonamides is 1. The van der Waals surface area contributed by atoms with E-state index >= 15 is 0 Å². The molecule has 3 aromatic rings. The highest BCUT2D eigenvalue weighted by Crippen LogP contribution is 2.26. The highest BCUT2D eigenvalue weighted by molar-refractivity contribution is 7.89. The van der Waals surface area contributed by atoms with E-state index in [9.17, 15) is 18.0 Å². The van der Waals surface area contributed by atoms with E-state index in [0.717, 1.165) is 5.56 Å². The monoisotopic (exact) mass is 406 g/mol. The first kappa shape index (κ1) is 19.2. The number of fused-ring (bicyclic) bond motifs is 1. The summed E-state index contributed by atoms with van der Waals surface area (Å²) in [7, 11) is -3.75. The average molecular weight is 406 g/mol. The van der Waals surface area contributed by atoms with Crippen LogP contribution >= 0.6 is 11.3 Å². The molecule has 2 aromatic heterocycles. The van der Waals surface area contributed by atoms with Crippen molar-refractivity contribution in [3.8, 4) is 0 Å². The minimum atomic E-state index is -3.75. The molecule has 0 unspecified atom stereocenters. The molecule has 3 rings (SSSR count). The number of sulfonamides is 1. The number of benzene rings is 1. The number of hydrogen-bond donors (Lipinski definition) is 2. The van der Waals surface area contributed by atoms with E-state index < -0.39 is 10.0 Å². The van der Waals surface area contributed by atoms with Crippen LogP contribution in [0.25, 0.3) is 10.2 Å². The van der Waals surface area contributed by atoms with Crippen LogP contribution in [0.15, 0.2) is 40.3 Å². The molecule has 0 saturated heterocycles. The standard InChI is InChI=1S/C17H18N4O4S2/c1-3-21-9-20-16-13(17(21)23)10(2)14(26-16)15(22)19-8-11-4-6-12(7-5-11)27(18,24)25/h4-7,9H,3,8H2,1-2H3,(H,19,22)(H2,18,24,25). The predicted octanol–water partition coefficient (Wildman–Crippen LogP) is 1.36. The van der Waals surface area contributed by atoms with E-state index in [1.165, 1.54) is 34.4 Å². The van der Waals surface area contributed by atoms with Crippen LogP contribution in [-0.2, 0) is 23.1 Å². The van der Waals surface area contributed by atoms with Gasteiger partial charge in [0, 0.05) is 13.1 Å². The number of carbonyl (C=O) groups is 1. The number of nitrogens with two attached hydrogens (primary N) is 1. The van der Waals surface area contributed by atoms with E-state index in [2.05, 4.69) is 10.3 Å². The molecule has 1 amide bonds. The largest absolute Gasteiger partial charge is 0.347 e. The van der Waals surface area contributed by atoms with Crippen LogP contribution in [-0.4, -0.2) is 23.9 Å². The van der Waals surface area contributed by atoms with Gasteiger partial charge in [-0.1, -0.05) is 12.1 Å². The van der Waals surface area contributed by atoms with E-state index in [1.54, 1.807) is 19.1 Å². The highest BCUT2D eigenvalue weighted by Gasteiger charge is 2.19. The van der Waals surface area contributed by atoms with Gasteiger partial charge in [-0.25, -0.2) is 18.5 Å². The second kappa shape index (κ2) is 7.22. The van der Waals surface area contributed by atoms with Gasteiger partial charge in [0.05, 0.1) is 21.5 Å². The van der Waals surface area contributed by atoms with Crippen molar-refractivity contribution < 1.29 is 13.2 Å². The first-order chi connectivity index (χ1) is 12.7. The Morgan fingerprint density at radius 3 is 2.56 bits per heavy atom. The fourth-order valence-electron chi connectivity index (χ4n) is 2.66. The molecule has 0 aliphatic heterocycles. The summed E-state index contributed by atoms with van der Waals surface area (Å²) in [4.78, 5) is 30.2. The SMILES string of the molecule is CCn1cnc2sc(C(=O)NCc3ccc(S(N)(=O)=O)cc3)c(C)c2c1=O. The normalized spacial score (nSPS) is 11.7. The lowest BCUT2D eigenvalue weighted by atomic mass is 10.2. The number of nitrogens with zero attached hydrogens (tertiary/aromatic N) is 2. The topological polar surface area (TPSA) is 124 Å². The van der Waals surface area contributed by atoms with Crippen molar-refractivity contribution in [2.75, 3.05) is 0 Å². The lowest BCUT2D eigenvalue weighted by Gasteiger charge is -2.06. The number of hydrogen-bond acceptors (Lipinski definition) is 6. The zero-order valence-electron chi connectivity index (χ0n) is 14.7. The Morgan fingerprint density at radius 1 is 1.30 bits per heavy atom. The van der Waals surface area contributed by atoms with Crippen LogP contribution in [0.4, 0.5) is 0 Å². The van der Waals surface area contributed by atoms with Crippen molar-refractivity contribution in [2.24, 2.45) is 5.14 Å². The molecule has 0 radical (unpaired) electrons. The minimum Gasteiger partial charge on any atom is -0.347 e. The number of carbonyl (C=O) groups excluding carboxylic acids is 1. The van der Waals surface area contributed by atoms with Crippen molar-refractivity contribution in [1.82, 2.24) is 14.9 Å². The summed E-state index contributed by atoms with van der Waals surface area (Å²) in [6, 6.07) is 5.94. The maximum Gasteiger partial charge on any atom is 0.262 e. The van der Waals surface area contributed by atoms with Gasteiger partial charge in [-0.2, -0.15) is 0 Å². The molecule has 142 valence electrons. The zero-order valence-corrected chi connectivity index (χ0v) is 16.4. The third kappa shape index (κ3) is 3.77. The molecule has 0 spiro atoms. The van der Waals surface area contributed by atoms with E-state index in [4.69, 9.17) is 5.14 Å². The Balaban J connectivity index is 1.81. The number of aromatic nitrogens is 2. The maximum absolute atomic E-state index is 12.5. The van der Waals surface area contributed by atoms with Gasteiger partial charge >= 0.3 is 0 Å². The van der Waals surface area contributed by atoms with Gasteiger partial charge in [0.2, 0.25) is 10.0 Å². The van der Waals surface area contributed by atoms with Crippen LogP contribution in [0.1, 0.15) is 27.7 Å². The van der Waals surface area contributed by atoms with Crippen LogP contribution in [0.2, 0.25) is 0 Å². The lowest BCUT2D eigenvalue weighted by Crippen LogP contribution is -2.23. The van der Waals surface area contributed by atoms with Gasteiger partial charge in [0.15, 0.2) is 0 Å². The van der Waals surface area contributed by atoms with Crippen LogP contribution in [0, 0.1) is 6.92 Å². The molecule has 0 fully saturated rings. The minimum absolute atomic E-state index is 0.0104. The first-order valence-electron chi connectivity index (χ1n) is 8.11. The summed E-state index contributed by atoms with van der Waals surface area (Å²) in [5, 5.41) is 8.30. The molecule has 1 aromatic carbocycles. The zero-order chi connectivity index (χ0) is 19.8. The fourth-order valence-corrected chi connectivity index (χ4v) is 4.23. The molecule has 0 aliphatic carbocycles. The smallest absolute Gasteiger partial charge is 0.262 e. The Hall–Kier alpha value is -2.56. The van der Waals surface area contributed by atoms with E-state index in [1.807, 2.05) is 6.92 Å². The molecule has 0 bridgehead atoms. The third-order valence-corrected chi connectivity index (χ3v) is 6.30. The number of aryl methyl sites for hydroxylation is 2. The Morgan fingerprint density at radius 2 is 1.96 bits per heavy atom.